The zero-order chi connectivity index (χ0) is 17.9. The van der Waals surface area contributed by atoms with Gasteiger partial charge in [0.15, 0.2) is 0 Å². The number of rotatable bonds is 5. The summed E-state index contributed by atoms with van der Waals surface area (Å²) in [5.41, 5.74) is 3.40. The molecule has 5 heteroatoms. The quantitative estimate of drug-likeness (QED) is 0.827. The van der Waals surface area contributed by atoms with Crippen LogP contribution in [0.25, 0.3) is 0 Å². The molecule has 0 N–H and O–H groups in total. The summed E-state index contributed by atoms with van der Waals surface area (Å²) >= 11 is 0. The predicted molar refractivity (Wildman–Crippen MR) is 101 cm³/mol. The van der Waals surface area contributed by atoms with Crippen LogP contribution in [-0.2, 0) is 19.4 Å². The van der Waals surface area contributed by atoms with E-state index >= 15 is 0 Å². The number of carbonyl (C=O) groups excluding carboxylic acids is 1. The molecule has 1 unspecified atom stereocenters. The molecule has 26 heavy (non-hydrogen) atoms. The summed E-state index contributed by atoms with van der Waals surface area (Å²) in [5, 5.41) is 0. The summed E-state index contributed by atoms with van der Waals surface area (Å²) in [5.74, 6) is 0.862. The first kappa shape index (κ1) is 17.1. The second kappa shape index (κ2) is 7.52. The zero-order valence-corrected chi connectivity index (χ0v) is 15.5. The highest BCUT2D eigenvalue weighted by atomic mass is 16.5. The molecular formula is C21H27N3O2. The van der Waals surface area contributed by atoms with Gasteiger partial charge in [-0.2, -0.15) is 0 Å². The van der Waals surface area contributed by atoms with Gasteiger partial charge in [0.1, 0.15) is 5.75 Å². The molecular weight excluding hydrogens is 326 g/mol. The van der Waals surface area contributed by atoms with Crippen molar-refractivity contribution in [2.45, 2.75) is 57.5 Å². The van der Waals surface area contributed by atoms with Gasteiger partial charge in [0, 0.05) is 31.5 Å². The number of fused-ring (bicyclic) bond motifs is 1. The first-order valence-corrected chi connectivity index (χ1v) is 9.73. The van der Waals surface area contributed by atoms with Crippen LogP contribution in [0.5, 0.6) is 5.75 Å². The third-order valence-corrected chi connectivity index (χ3v) is 5.81. The van der Waals surface area contributed by atoms with Gasteiger partial charge < -0.3 is 14.2 Å². The number of methoxy groups -OCH3 is 1. The second-order valence-corrected chi connectivity index (χ2v) is 7.41. The molecule has 1 aliphatic carbocycles. The summed E-state index contributed by atoms with van der Waals surface area (Å²) in [4.78, 5) is 19.6. The zero-order valence-electron chi connectivity index (χ0n) is 15.5. The summed E-state index contributed by atoms with van der Waals surface area (Å²) in [6, 6.07) is 4.46. The van der Waals surface area contributed by atoms with Crippen molar-refractivity contribution in [3.05, 3.63) is 47.5 Å². The Morgan fingerprint density at radius 2 is 2.08 bits per heavy atom. The van der Waals surface area contributed by atoms with Gasteiger partial charge in [0.25, 0.3) is 5.91 Å². The summed E-state index contributed by atoms with van der Waals surface area (Å²) in [6.07, 6.45) is 13.3. The largest absolute Gasteiger partial charge is 0.496 e. The van der Waals surface area contributed by atoms with E-state index in [-0.39, 0.29) is 11.9 Å². The Labute approximate surface area is 155 Å². The maximum absolute atomic E-state index is 13.4. The van der Waals surface area contributed by atoms with Gasteiger partial charge in [0.05, 0.1) is 19.0 Å². The number of hydrogen-bond donors (Lipinski definition) is 0. The van der Waals surface area contributed by atoms with Crippen LogP contribution in [0.4, 0.5) is 0 Å². The van der Waals surface area contributed by atoms with Crippen molar-refractivity contribution in [2.24, 2.45) is 0 Å². The molecule has 1 aliphatic heterocycles. The highest BCUT2D eigenvalue weighted by Gasteiger charge is 2.30. The molecule has 138 valence electrons. The van der Waals surface area contributed by atoms with E-state index in [9.17, 15) is 4.79 Å². The minimum Gasteiger partial charge on any atom is -0.496 e. The lowest BCUT2D eigenvalue weighted by atomic mass is 9.97. The van der Waals surface area contributed by atoms with Gasteiger partial charge in [-0.1, -0.05) is 0 Å². The molecule has 2 heterocycles. The van der Waals surface area contributed by atoms with Crippen LogP contribution in [-0.4, -0.2) is 40.1 Å². The van der Waals surface area contributed by atoms with Crippen LogP contribution in [0.1, 0.15) is 53.6 Å². The van der Waals surface area contributed by atoms with Crippen molar-refractivity contribution in [1.29, 1.82) is 0 Å². The van der Waals surface area contributed by atoms with Crippen molar-refractivity contribution in [1.82, 2.24) is 14.5 Å². The lowest BCUT2D eigenvalue weighted by Crippen LogP contribution is -2.44. The molecule has 1 saturated heterocycles. The number of aryl methyl sites for hydroxylation is 3. The number of ether oxygens (including phenoxy) is 1. The second-order valence-electron chi connectivity index (χ2n) is 7.41. The number of nitrogens with zero attached hydrogens (tertiary/aromatic N) is 3. The van der Waals surface area contributed by atoms with Crippen molar-refractivity contribution in [2.75, 3.05) is 13.7 Å². The summed E-state index contributed by atoms with van der Waals surface area (Å²) < 4.78 is 7.67. The van der Waals surface area contributed by atoms with Gasteiger partial charge in [-0.25, -0.2) is 4.98 Å². The standard InChI is InChI=1S/C21H27N3O2/c1-26-20-14-17-6-4-5-16(17)13-19(20)21(25)24-10-3-2-7-18(24)8-11-23-12-9-22-15-23/h9,12-15,18H,2-8,10-11H2,1H3. The van der Waals surface area contributed by atoms with Gasteiger partial charge in [0.2, 0.25) is 0 Å². The van der Waals surface area contributed by atoms with Crippen LogP contribution in [0.3, 0.4) is 0 Å². The number of piperidine rings is 1. The molecule has 1 fully saturated rings. The molecule has 1 aromatic heterocycles. The molecule has 0 radical (unpaired) electrons. The first-order chi connectivity index (χ1) is 12.8. The highest BCUT2D eigenvalue weighted by molar-refractivity contribution is 5.97. The third-order valence-electron chi connectivity index (χ3n) is 5.81. The molecule has 1 atom stereocenters. The number of benzene rings is 1. The Morgan fingerprint density at radius 1 is 1.23 bits per heavy atom. The van der Waals surface area contributed by atoms with Gasteiger partial charge >= 0.3 is 0 Å². The van der Waals surface area contributed by atoms with Crippen LogP contribution < -0.4 is 4.74 Å². The predicted octanol–water partition coefficient (Wildman–Crippen LogP) is 3.47. The molecule has 0 bridgehead atoms. The normalized spacial score (nSPS) is 19.4. The third kappa shape index (κ3) is 3.35. The van der Waals surface area contributed by atoms with Gasteiger partial charge in [-0.3, -0.25) is 4.79 Å². The molecule has 4 rings (SSSR count). The minimum atomic E-state index is 0.131. The number of aromatic nitrogens is 2. The van der Waals surface area contributed by atoms with Crippen LogP contribution in [0.15, 0.2) is 30.9 Å². The van der Waals surface area contributed by atoms with Crippen LogP contribution in [0, 0.1) is 0 Å². The van der Waals surface area contributed by atoms with Crippen LogP contribution in [0.2, 0.25) is 0 Å². The number of hydrogen-bond acceptors (Lipinski definition) is 3. The van der Waals surface area contributed by atoms with Crippen molar-refractivity contribution < 1.29 is 9.53 Å². The van der Waals surface area contributed by atoms with E-state index in [4.69, 9.17) is 4.74 Å². The van der Waals surface area contributed by atoms with Crippen molar-refractivity contribution >= 4 is 5.91 Å². The Bertz CT molecular complexity index is 770. The fraction of sp³-hybridized carbons (Fsp3) is 0.524. The topological polar surface area (TPSA) is 47.4 Å². The summed E-state index contributed by atoms with van der Waals surface area (Å²) in [6.45, 7) is 1.74. The molecule has 2 aromatic rings. The number of carbonyl (C=O) groups is 1. The maximum Gasteiger partial charge on any atom is 0.257 e. The van der Waals surface area contributed by atoms with E-state index in [1.165, 1.54) is 24.0 Å². The lowest BCUT2D eigenvalue weighted by molar-refractivity contribution is 0.0592. The van der Waals surface area contributed by atoms with E-state index in [1.54, 1.807) is 13.3 Å². The lowest BCUT2D eigenvalue weighted by Gasteiger charge is -2.36. The van der Waals surface area contributed by atoms with E-state index in [0.717, 1.165) is 56.5 Å². The van der Waals surface area contributed by atoms with Gasteiger partial charge in [-0.15, -0.1) is 0 Å². The van der Waals surface area contributed by atoms with Crippen molar-refractivity contribution in [3.8, 4) is 5.75 Å². The number of imidazole rings is 1. The Hall–Kier alpha value is -2.30. The molecule has 1 amide bonds. The first-order valence-electron chi connectivity index (χ1n) is 9.73. The molecule has 1 aromatic carbocycles. The fourth-order valence-corrected chi connectivity index (χ4v) is 4.38. The Morgan fingerprint density at radius 3 is 2.85 bits per heavy atom. The van der Waals surface area contributed by atoms with Crippen molar-refractivity contribution in [3.63, 3.8) is 0 Å². The fourth-order valence-electron chi connectivity index (χ4n) is 4.38. The van der Waals surface area contributed by atoms with E-state index in [0.29, 0.717) is 0 Å². The molecule has 0 spiro atoms. The number of amides is 1. The Kier molecular flexibility index (Phi) is 4.96. The SMILES string of the molecule is COc1cc2c(cc1C(=O)N1CCCCC1CCn1ccnc1)CCC2. The smallest absolute Gasteiger partial charge is 0.257 e. The minimum absolute atomic E-state index is 0.131. The van der Waals surface area contributed by atoms with E-state index in [1.807, 2.05) is 12.5 Å². The van der Waals surface area contributed by atoms with Gasteiger partial charge in [-0.05, 0) is 68.2 Å². The molecule has 0 saturated carbocycles. The molecule has 2 aliphatic rings. The maximum atomic E-state index is 13.4. The van der Waals surface area contributed by atoms with E-state index in [2.05, 4.69) is 26.6 Å². The monoisotopic (exact) mass is 353 g/mol. The highest BCUT2D eigenvalue weighted by Crippen LogP contribution is 2.32. The van der Waals surface area contributed by atoms with E-state index < -0.39 is 0 Å². The summed E-state index contributed by atoms with van der Waals surface area (Å²) in [7, 11) is 1.67. The average molecular weight is 353 g/mol. The Balaban J connectivity index is 1.55. The number of likely N-dealkylation sites (tertiary alicyclic amines) is 1. The van der Waals surface area contributed by atoms with Crippen LogP contribution >= 0.6 is 0 Å². The average Bonchev–Trinajstić information content (AvgIpc) is 3.36. The molecule has 5 nitrogen and oxygen atoms in total.